The fourth-order valence-corrected chi connectivity index (χ4v) is 1.90. The molecule has 3 aromatic heterocycles. The van der Waals surface area contributed by atoms with Crippen molar-refractivity contribution in [3.63, 3.8) is 0 Å². The molecule has 0 aliphatic rings. The minimum Gasteiger partial charge on any atom is -0.505 e. The zero-order valence-electron chi connectivity index (χ0n) is 10.3. The highest BCUT2D eigenvalue weighted by atomic mass is 19.4. The summed E-state index contributed by atoms with van der Waals surface area (Å²) in [6, 6.07) is 4.92. The molecule has 0 amide bonds. The molecule has 0 fully saturated rings. The number of rotatable bonds is 1. The molecule has 5 nitrogen and oxygen atoms in total. The molecular weight excluding hydrogens is 285 g/mol. The maximum Gasteiger partial charge on any atom is 0.418 e. The Morgan fingerprint density at radius 1 is 1.10 bits per heavy atom. The van der Waals surface area contributed by atoms with E-state index in [1.807, 2.05) is 0 Å². The molecule has 0 atom stereocenters. The van der Waals surface area contributed by atoms with Crippen molar-refractivity contribution in [1.82, 2.24) is 20.2 Å². The average molecular weight is 292 g/mol. The van der Waals surface area contributed by atoms with Gasteiger partial charge in [0.25, 0.3) is 0 Å². The van der Waals surface area contributed by atoms with E-state index < -0.39 is 11.7 Å². The summed E-state index contributed by atoms with van der Waals surface area (Å²) in [5, 5.41) is 17.1. The normalized spacial score (nSPS) is 11.8. The lowest BCUT2D eigenvalue weighted by molar-refractivity contribution is -0.137. The number of aromatic nitrogens is 4. The Hall–Kier alpha value is -2.77. The highest BCUT2D eigenvalue weighted by molar-refractivity contribution is 5.82. The van der Waals surface area contributed by atoms with Gasteiger partial charge in [0.15, 0.2) is 5.65 Å². The topological polar surface area (TPSA) is 71.8 Å². The van der Waals surface area contributed by atoms with Crippen LogP contribution in [-0.2, 0) is 6.18 Å². The van der Waals surface area contributed by atoms with Gasteiger partial charge in [0, 0.05) is 6.20 Å². The van der Waals surface area contributed by atoms with Crippen molar-refractivity contribution < 1.29 is 18.3 Å². The van der Waals surface area contributed by atoms with Gasteiger partial charge >= 0.3 is 6.18 Å². The molecule has 0 saturated heterocycles. The molecule has 0 aromatic carbocycles. The van der Waals surface area contributed by atoms with Gasteiger partial charge in [-0.1, -0.05) is 0 Å². The van der Waals surface area contributed by atoms with Gasteiger partial charge in [-0.05, 0) is 24.3 Å². The smallest absolute Gasteiger partial charge is 0.418 e. The Morgan fingerprint density at radius 3 is 2.67 bits per heavy atom. The summed E-state index contributed by atoms with van der Waals surface area (Å²) in [4.78, 5) is 7.74. The monoisotopic (exact) mass is 292 g/mol. The third-order valence-corrected chi connectivity index (χ3v) is 2.84. The molecule has 21 heavy (non-hydrogen) atoms. The predicted octanol–water partition coefficient (Wildman–Crippen LogP) is 2.81. The van der Waals surface area contributed by atoms with Crippen molar-refractivity contribution in [3.05, 3.63) is 42.2 Å². The molecule has 0 aliphatic carbocycles. The molecule has 8 heteroatoms. The van der Waals surface area contributed by atoms with Crippen LogP contribution in [0.4, 0.5) is 13.2 Å². The number of hydrogen-bond acceptors (Lipinski definition) is 5. The van der Waals surface area contributed by atoms with Gasteiger partial charge in [-0.15, -0.1) is 5.10 Å². The molecule has 0 aliphatic heterocycles. The summed E-state index contributed by atoms with van der Waals surface area (Å²) < 4.78 is 38.9. The number of nitrogens with zero attached hydrogens (tertiary/aromatic N) is 4. The van der Waals surface area contributed by atoms with Crippen molar-refractivity contribution in [2.75, 3.05) is 0 Å². The molecule has 1 N–H and O–H groups in total. The summed E-state index contributed by atoms with van der Waals surface area (Å²) in [5.41, 5.74) is -1.12. The van der Waals surface area contributed by atoms with Gasteiger partial charge in [-0.2, -0.15) is 18.3 Å². The predicted molar refractivity (Wildman–Crippen MR) is 67.2 cm³/mol. The van der Waals surface area contributed by atoms with Crippen LogP contribution in [0.2, 0.25) is 0 Å². The first-order valence-corrected chi connectivity index (χ1v) is 5.81. The van der Waals surface area contributed by atoms with Crippen LogP contribution in [0.25, 0.3) is 22.4 Å². The second kappa shape index (κ2) is 4.65. The van der Waals surface area contributed by atoms with Crippen molar-refractivity contribution in [3.8, 4) is 17.1 Å². The summed E-state index contributed by atoms with van der Waals surface area (Å²) in [5.74, 6) is -0.142. The number of aromatic hydroxyl groups is 1. The van der Waals surface area contributed by atoms with Gasteiger partial charge in [0.2, 0.25) is 0 Å². The first-order chi connectivity index (χ1) is 9.97. The zero-order valence-corrected chi connectivity index (χ0v) is 10.3. The van der Waals surface area contributed by atoms with Crippen LogP contribution in [0, 0.1) is 0 Å². The minimum atomic E-state index is -4.54. The largest absolute Gasteiger partial charge is 0.505 e. The lowest BCUT2D eigenvalue weighted by Crippen LogP contribution is -2.08. The van der Waals surface area contributed by atoms with Gasteiger partial charge in [-0.3, -0.25) is 4.98 Å². The fraction of sp³-hybridized carbons (Fsp3) is 0.0769. The number of fused-ring (bicyclic) bond motifs is 1. The van der Waals surface area contributed by atoms with Gasteiger partial charge in [0.05, 0.1) is 22.8 Å². The van der Waals surface area contributed by atoms with E-state index in [4.69, 9.17) is 0 Å². The Morgan fingerprint density at radius 2 is 1.90 bits per heavy atom. The van der Waals surface area contributed by atoms with E-state index in [0.29, 0.717) is 5.39 Å². The summed E-state index contributed by atoms with van der Waals surface area (Å²) in [6.07, 6.45) is -2.15. The van der Waals surface area contributed by atoms with Crippen LogP contribution in [0.1, 0.15) is 5.56 Å². The average Bonchev–Trinajstić information content (AvgIpc) is 2.46. The van der Waals surface area contributed by atoms with Gasteiger partial charge in [-0.25, -0.2) is 4.98 Å². The third kappa shape index (κ3) is 2.35. The van der Waals surface area contributed by atoms with E-state index >= 15 is 0 Å². The Balaban J connectivity index is 2.22. The highest BCUT2D eigenvalue weighted by Crippen LogP contribution is 2.35. The van der Waals surface area contributed by atoms with Crippen molar-refractivity contribution in [2.24, 2.45) is 0 Å². The van der Waals surface area contributed by atoms with Gasteiger partial charge < -0.3 is 5.11 Å². The van der Waals surface area contributed by atoms with E-state index in [0.717, 1.165) is 12.3 Å². The maximum absolute atomic E-state index is 13.0. The molecule has 0 unspecified atom stereocenters. The van der Waals surface area contributed by atoms with Crippen LogP contribution in [0.3, 0.4) is 0 Å². The Kier molecular flexibility index (Phi) is 2.93. The number of pyridine rings is 2. The second-order valence-corrected chi connectivity index (χ2v) is 4.19. The molecule has 3 heterocycles. The first-order valence-electron chi connectivity index (χ1n) is 5.81. The van der Waals surface area contributed by atoms with E-state index in [1.54, 1.807) is 0 Å². The van der Waals surface area contributed by atoms with Crippen LogP contribution >= 0.6 is 0 Å². The van der Waals surface area contributed by atoms with Crippen LogP contribution in [0.15, 0.2) is 36.7 Å². The van der Waals surface area contributed by atoms with Gasteiger partial charge in [0.1, 0.15) is 11.4 Å². The number of halogens is 3. The third-order valence-electron chi connectivity index (χ3n) is 2.84. The van der Waals surface area contributed by atoms with Crippen LogP contribution in [0.5, 0.6) is 5.75 Å². The summed E-state index contributed by atoms with van der Waals surface area (Å²) in [7, 11) is 0. The van der Waals surface area contributed by atoms with E-state index in [1.165, 1.54) is 24.4 Å². The molecule has 0 radical (unpaired) electrons. The summed E-state index contributed by atoms with van der Waals surface area (Å²) in [6.45, 7) is 0. The molecule has 0 saturated carbocycles. The molecule has 0 spiro atoms. The van der Waals surface area contributed by atoms with Crippen LogP contribution in [-0.4, -0.2) is 25.3 Å². The SMILES string of the molecule is Oc1cnnc2nc(-c3ncccc3C(F)(F)F)ccc12. The second-order valence-electron chi connectivity index (χ2n) is 4.19. The van der Waals surface area contributed by atoms with Crippen molar-refractivity contribution in [1.29, 1.82) is 0 Å². The lowest BCUT2D eigenvalue weighted by atomic mass is 10.1. The molecule has 106 valence electrons. The minimum absolute atomic E-state index is 0.00956. The molecular formula is C13H7F3N4O. The van der Waals surface area contributed by atoms with Crippen molar-refractivity contribution >= 4 is 11.0 Å². The molecule has 0 bridgehead atoms. The van der Waals surface area contributed by atoms with E-state index in [-0.39, 0.29) is 22.8 Å². The van der Waals surface area contributed by atoms with Crippen LogP contribution < -0.4 is 0 Å². The van der Waals surface area contributed by atoms with E-state index in [9.17, 15) is 18.3 Å². The Labute approximate surface area is 116 Å². The number of hydrogen-bond donors (Lipinski definition) is 1. The number of alkyl halides is 3. The fourth-order valence-electron chi connectivity index (χ4n) is 1.90. The van der Waals surface area contributed by atoms with Crippen molar-refractivity contribution in [2.45, 2.75) is 6.18 Å². The highest BCUT2D eigenvalue weighted by Gasteiger charge is 2.34. The summed E-state index contributed by atoms with van der Waals surface area (Å²) >= 11 is 0. The maximum atomic E-state index is 13.0. The lowest BCUT2D eigenvalue weighted by Gasteiger charge is -2.11. The molecule has 3 aromatic rings. The zero-order chi connectivity index (χ0) is 15.0. The first kappa shape index (κ1) is 13.2. The Bertz CT molecular complexity index is 820. The van der Waals surface area contributed by atoms with E-state index in [2.05, 4.69) is 20.2 Å². The standard InChI is InChI=1S/C13H7F3N4O/c14-13(15,16)8-2-1-5-17-11(8)9-4-3-7-10(21)6-18-20-12(7)19-9/h1-6H,(H,19,20,21). The quantitative estimate of drug-likeness (QED) is 0.746. The molecule has 3 rings (SSSR count).